The lowest BCUT2D eigenvalue weighted by molar-refractivity contribution is -0.903. The molecule has 14 heavy (non-hydrogen) atoms. The number of benzene rings is 1. The quantitative estimate of drug-likeness (QED) is 0.625. The molecule has 0 bridgehead atoms. The van der Waals surface area contributed by atoms with Crippen molar-refractivity contribution in [3.05, 3.63) is 35.1 Å². The summed E-state index contributed by atoms with van der Waals surface area (Å²) < 4.78 is 7.10. The Kier molecular flexibility index (Phi) is 2.29. The third kappa shape index (κ3) is 1.42. The zero-order valence-corrected chi connectivity index (χ0v) is 9.15. The Hall–Kier alpha value is -1.29. The van der Waals surface area contributed by atoms with Gasteiger partial charge in [-0.3, -0.25) is 5.21 Å². The standard InChI is InChI=1S/C10H9BrNO2/c1-14-9-3-2-7-6-12(13)5-4-8(7)10(9)11/h2-6,13H,1H3/q+1. The van der Waals surface area contributed by atoms with Crippen molar-refractivity contribution < 1.29 is 14.7 Å². The highest BCUT2D eigenvalue weighted by Crippen LogP contribution is 2.31. The summed E-state index contributed by atoms with van der Waals surface area (Å²) >= 11 is 3.45. The second-order valence-corrected chi connectivity index (χ2v) is 3.70. The van der Waals surface area contributed by atoms with Gasteiger partial charge in [0, 0.05) is 16.2 Å². The summed E-state index contributed by atoms with van der Waals surface area (Å²) in [5.74, 6) is 0.785. The molecule has 2 rings (SSSR count). The Bertz CT molecular complexity index is 485. The van der Waals surface area contributed by atoms with Gasteiger partial charge in [-0.2, -0.15) is 0 Å². The fraction of sp³-hybridized carbons (Fsp3) is 0.100. The third-order valence-electron chi connectivity index (χ3n) is 2.06. The van der Waals surface area contributed by atoms with Crippen LogP contribution < -0.4 is 9.47 Å². The highest BCUT2D eigenvalue weighted by Gasteiger charge is 2.08. The molecule has 1 aromatic carbocycles. The molecule has 0 saturated heterocycles. The lowest BCUT2D eigenvalue weighted by Crippen LogP contribution is -2.27. The molecule has 2 aromatic rings. The van der Waals surface area contributed by atoms with Crippen molar-refractivity contribution in [3.63, 3.8) is 0 Å². The monoisotopic (exact) mass is 254 g/mol. The van der Waals surface area contributed by atoms with Gasteiger partial charge in [-0.1, -0.05) is 0 Å². The van der Waals surface area contributed by atoms with Gasteiger partial charge in [0.1, 0.15) is 5.75 Å². The van der Waals surface area contributed by atoms with E-state index in [1.807, 2.05) is 18.2 Å². The van der Waals surface area contributed by atoms with Crippen LogP contribution in [-0.4, -0.2) is 12.3 Å². The van der Waals surface area contributed by atoms with E-state index in [1.165, 1.54) is 0 Å². The molecule has 4 heteroatoms. The Balaban J connectivity index is 2.77. The molecule has 0 aliphatic heterocycles. The van der Waals surface area contributed by atoms with Gasteiger partial charge in [0.25, 0.3) is 0 Å². The summed E-state index contributed by atoms with van der Waals surface area (Å²) in [7, 11) is 1.63. The van der Waals surface area contributed by atoms with Crippen LogP contribution in [0.25, 0.3) is 10.8 Å². The van der Waals surface area contributed by atoms with E-state index in [0.29, 0.717) is 0 Å². The minimum absolute atomic E-state index is 0.785. The lowest BCUT2D eigenvalue weighted by atomic mass is 10.2. The second-order valence-electron chi connectivity index (χ2n) is 2.91. The van der Waals surface area contributed by atoms with Crippen LogP contribution in [0.3, 0.4) is 0 Å². The predicted octanol–water partition coefficient (Wildman–Crippen LogP) is 2.14. The topological polar surface area (TPSA) is 33.3 Å². The van der Waals surface area contributed by atoms with Gasteiger partial charge >= 0.3 is 0 Å². The van der Waals surface area contributed by atoms with Crippen LogP contribution in [0.1, 0.15) is 0 Å². The Morgan fingerprint density at radius 2 is 2.14 bits per heavy atom. The summed E-state index contributed by atoms with van der Waals surface area (Å²) in [4.78, 5) is 0. The van der Waals surface area contributed by atoms with Crippen LogP contribution in [0.5, 0.6) is 5.75 Å². The normalized spacial score (nSPS) is 10.4. The van der Waals surface area contributed by atoms with Crippen LogP contribution in [0.2, 0.25) is 0 Å². The number of rotatable bonds is 1. The summed E-state index contributed by atoms with van der Waals surface area (Å²) in [5, 5.41) is 11.2. The number of ether oxygens (including phenoxy) is 1. The minimum Gasteiger partial charge on any atom is -0.496 e. The first-order valence-electron chi connectivity index (χ1n) is 4.09. The molecule has 0 unspecified atom stereocenters. The van der Waals surface area contributed by atoms with E-state index in [-0.39, 0.29) is 0 Å². The number of pyridine rings is 1. The lowest BCUT2D eigenvalue weighted by Gasteiger charge is -2.04. The average molecular weight is 255 g/mol. The number of halogens is 1. The molecule has 0 aliphatic rings. The molecule has 1 heterocycles. The zero-order valence-electron chi connectivity index (χ0n) is 7.57. The number of methoxy groups -OCH3 is 1. The maximum Gasteiger partial charge on any atom is 0.230 e. The molecule has 0 saturated carbocycles. The maximum absolute atomic E-state index is 9.22. The summed E-state index contributed by atoms with van der Waals surface area (Å²) in [5.41, 5.74) is 0. The van der Waals surface area contributed by atoms with Crippen LogP contribution in [0.15, 0.2) is 35.1 Å². The first-order chi connectivity index (χ1) is 6.72. The molecule has 0 fully saturated rings. The Labute approximate surface area is 89.6 Å². The largest absolute Gasteiger partial charge is 0.496 e. The van der Waals surface area contributed by atoms with E-state index < -0.39 is 0 Å². The molecule has 1 aromatic heterocycles. The number of hydrogen-bond donors (Lipinski definition) is 1. The van der Waals surface area contributed by atoms with Crippen molar-refractivity contribution in [2.45, 2.75) is 0 Å². The molecule has 0 amide bonds. The van der Waals surface area contributed by atoms with E-state index in [4.69, 9.17) is 4.74 Å². The van der Waals surface area contributed by atoms with Crippen molar-refractivity contribution in [2.75, 3.05) is 7.11 Å². The summed E-state index contributed by atoms with van der Waals surface area (Å²) in [6.07, 6.45) is 3.21. The van der Waals surface area contributed by atoms with Gasteiger partial charge in [0.15, 0.2) is 0 Å². The molecule has 72 valence electrons. The molecular formula is C10H9BrNO2+. The third-order valence-corrected chi connectivity index (χ3v) is 2.88. The average Bonchev–Trinajstić information content (AvgIpc) is 2.18. The highest BCUT2D eigenvalue weighted by atomic mass is 79.9. The fourth-order valence-corrected chi connectivity index (χ4v) is 2.02. The van der Waals surface area contributed by atoms with E-state index in [1.54, 1.807) is 19.5 Å². The van der Waals surface area contributed by atoms with E-state index in [9.17, 15) is 5.21 Å². The maximum atomic E-state index is 9.22. The van der Waals surface area contributed by atoms with Crippen molar-refractivity contribution in [1.82, 2.24) is 0 Å². The SMILES string of the molecule is COc1ccc2c[n+](O)ccc2c1Br. The van der Waals surface area contributed by atoms with Gasteiger partial charge in [-0.15, -0.1) is 0 Å². The van der Waals surface area contributed by atoms with Crippen LogP contribution >= 0.6 is 15.9 Å². The van der Waals surface area contributed by atoms with E-state index >= 15 is 0 Å². The van der Waals surface area contributed by atoms with Crippen molar-refractivity contribution in [1.29, 1.82) is 0 Å². The fourth-order valence-electron chi connectivity index (χ4n) is 1.36. The number of nitrogens with zero attached hydrogens (tertiary/aromatic N) is 1. The molecular weight excluding hydrogens is 246 g/mol. The smallest absolute Gasteiger partial charge is 0.230 e. The van der Waals surface area contributed by atoms with Crippen molar-refractivity contribution >= 4 is 26.7 Å². The first-order valence-corrected chi connectivity index (χ1v) is 4.88. The van der Waals surface area contributed by atoms with Gasteiger partial charge in [-0.25, -0.2) is 0 Å². The number of fused-ring (bicyclic) bond motifs is 1. The van der Waals surface area contributed by atoms with Crippen LogP contribution in [-0.2, 0) is 0 Å². The summed E-state index contributed by atoms with van der Waals surface area (Å²) in [6, 6.07) is 5.57. The van der Waals surface area contributed by atoms with Gasteiger partial charge < -0.3 is 4.74 Å². The minimum atomic E-state index is 0.785. The Morgan fingerprint density at radius 3 is 2.86 bits per heavy atom. The predicted molar refractivity (Wildman–Crippen MR) is 55.6 cm³/mol. The van der Waals surface area contributed by atoms with Gasteiger partial charge in [-0.05, 0) is 28.1 Å². The first kappa shape index (κ1) is 9.27. The second kappa shape index (κ2) is 3.46. The van der Waals surface area contributed by atoms with Crippen LogP contribution in [0, 0.1) is 0 Å². The molecule has 0 spiro atoms. The zero-order chi connectivity index (χ0) is 10.1. The van der Waals surface area contributed by atoms with Gasteiger partial charge in [0.2, 0.25) is 12.4 Å². The van der Waals surface area contributed by atoms with Crippen molar-refractivity contribution in [3.8, 4) is 5.75 Å². The Morgan fingerprint density at radius 1 is 1.36 bits per heavy atom. The van der Waals surface area contributed by atoms with Gasteiger partial charge in [0.05, 0.1) is 17.0 Å². The molecule has 1 N–H and O–H groups in total. The van der Waals surface area contributed by atoms with E-state index in [0.717, 1.165) is 25.7 Å². The van der Waals surface area contributed by atoms with Crippen molar-refractivity contribution in [2.24, 2.45) is 0 Å². The molecule has 0 aliphatic carbocycles. The molecule has 0 atom stereocenters. The molecule has 0 radical (unpaired) electrons. The number of aromatic nitrogens is 1. The summed E-state index contributed by atoms with van der Waals surface area (Å²) in [6.45, 7) is 0. The highest BCUT2D eigenvalue weighted by molar-refractivity contribution is 9.10. The molecule has 3 nitrogen and oxygen atoms in total. The van der Waals surface area contributed by atoms with Crippen LogP contribution in [0.4, 0.5) is 0 Å². The van der Waals surface area contributed by atoms with E-state index in [2.05, 4.69) is 15.9 Å². The number of hydrogen-bond acceptors (Lipinski definition) is 2.